The molecule has 1 aromatic heterocycles. The van der Waals surface area contributed by atoms with Crippen LogP contribution in [0, 0.1) is 5.41 Å². The van der Waals surface area contributed by atoms with Gasteiger partial charge in [0.25, 0.3) is 0 Å². The molecule has 1 N–H and O–H groups in total. The first-order valence-electron chi connectivity index (χ1n) is 11.4. The minimum absolute atomic E-state index is 0.0985. The first kappa shape index (κ1) is 27.5. The summed E-state index contributed by atoms with van der Waals surface area (Å²) in [7, 11) is 1.25. The van der Waals surface area contributed by atoms with Crippen molar-refractivity contribution in [3.05, 3.63) is 82.3 Å². The largest absolute Gasteiger partial charge is 0.494 e. The maximum absolute atomic E-state index is 12.2. The van der Waals surface area contributed by atoms with Gasteiger partial charge in [-0.25, -0.2) is 19.4 Å². The van der Waals surface area contributed by atoms with Gasteiger partial charge in [0, 0.05) is 12.3 Å². The van der Waals surface area contributed by atoms with Crippen molar-refractivity contribution in [1.82, 2.24) is 4.98 Å². The second-order valence-corrected chi connectivity index (χ2v) is 9.21. The van der Waals surface area contributed by atoms with Crippen LogP contribution in [0.2, 0.25) is 0 Å². The van der Waals surface area contributed by atoms with Crippen LogP contribution in [0.15, 0.2) is 71.0 Å². The summed E-state index contributed by atoms with van der Waals surface area (Å²) in [6.45, 7) is 10.5. The molecule has 7 heteroatoms. The number of pyridine rings is 1. The summed E-state index contributed by atoms with van der Waals surface area (Å²) in [6.07, 6.45) is 15.6. The molecule has 0 atom stereocenters. The number of carbonyl (C=O) groups is 3. The van der Waals surface area contributed by atoms with Crippen LogP contribution in [0.5, 0.6) is 5.75 Å². The Morgan fingerprint density at radius 3 is 2.49 bits per heavy atom. The Morgan fingerprint density at radius 1 is 1.14 bits per heavy atom. The Hall–Kier alpha value is -3.74. The Labute approximate surface area is 206 Å². The SMILES string of the molecule is COc1cc(C(=O)OC(=O)/C=C(C)/C=C/C=C(C)/C=C/C2=C(C)CCCC2(C)C)cnc1C(=O)O. The zero-order valence-corrected chi connectivity index (χ0v) is 21.2. The van der Waals surface area contributed by atoms with Gasteiger partial charge in [0.05, 0.1) is 12.7 Å². The van der Waals surface area contributed by atoms with E-state index >= 15 is 0 Å². The van der Waals surface area contributed by atoms with E-state index in [1.54, 1.807) is 13.0 Å². The van der Waals surface area contributed by atoms with Crippen LogP contribution in [0.1, 0.15) is 74.7 Å². The molecule has 35 heavy (non-hydrogen) atoms. The van der Waals surface area contributed by atoms with Gasteiger partial charge in [-0.3, -0.25) is 0 Å². The van der Waals surface area contributed by atoms with E-state index in [2.05, 4.69) is 37.9 Å². The number of esters is 2. The number of aromatic carboxylic acids is 1. The molecule has 186 valence electrons. The molecule has 0 bridgehead atoms. The molecule has 1 aliphatic rings. The summed E-state index contributed by atoms with van der Waals surface area (Å²) in [6, 6.07) is 1.16. The molecule has 0 saturated heterocycles. The van der Waals surface area contributed by atoms with Gasteiger partial charge in [-0.1, -0.05) is 55.4 Å². The molecule has 0 unspecified atom stereocenters. The number of carboxylic acids is 1. The fourth-order valence-electron chi connectivity index (χ4n) is 3.92. The summed E-state index contributed by atoms with van der Waals surface area (Å²) >= 11 is 0. The molecular formula is C28H33NO6. The molecule has 0 spiro atoms. The first-order valence-corrected chi connectivity index (χ1v) is 11.4. The summed E-state index contributed by atoms with van der Waals surface area (Å²) in [5.41, 5.74) is 4.25. The van der Waals surface area contributed by atoms with Crippen LogP contribution in [0.4, 0.5) is 0 Å². The Balaban J connectivity index is 2.00. The van der Waals surface area contributed by atoms with Crippen LogP contribution in [0.25, 0.3) is 0 Å². The fourth-order valence-corrected chi connectivity index (χ4v) is 3.92. The topological polar surface area (TPSA) is 103 Å². The standard InChI is InChI=1S/C28H33NO6/c1-18(12-13-22-20(3)11-8-14-28(22,4)5)9-7-10-19(2)15-24(30)35-27(33)21-16-23(34-6)25(26(31)32)29-17-21/h7,9-10,12-13,15-17H,8,11,14H2,1-6H3,(H,31,32)/b10-7+,13-12+,18-9+,19-15+. The van der Waals surface area contributed by atoms with Crippen LogP contribution in [-0.2, 0) is 9.53 Å². The predicted octanol–water partition coefficient (Wildman–Crippen LogP) is 6.00. The highest BCUT2D eigenvalue weighted by atomic mass is 16.6. The normalized spacial score (nSPS) is 16.6. The van der Waals surface area contributed by atoms with Crippen LogP contribution in [0.3, 0.4) is 0 Å². The monoisotopic (exact) mass is 479 g/mol. The number of rotatable bonds is 8. The lowest BCUT2D eigenvalue weighted by Crippen LogP contribution is -2.19. The van der Waals surface area contributed by atoms with Crippen molar-refractivity contribution in [1.29, 1.82) is 0 Å². The number of hydrogen-bond donors (Lipinski definition) is 1. The van der Waals surface area contributed by atoms with E-state index in [1.807, 2.05) is 19.1 Å². The second kappa shape index (κ2) is 12.1. The molecule has 1 aromatic rings. The van der Waals surface area contributed by atoms with E-state index in [-0.39, 0.29) is 22.4 Å². The Bertz CT molecular complexity index is 1150. The van der Waals surface area contributed by atoms with Crippen molar-refractivity contribution in [3.63, 3.8) is 0 Å². The van der Waals surface area contributed by atoms with E-state index in [4.69, 9.17) is 14.6 Å². The maximum atomic E-state index is 12.2. The number of hydrogen-bond acceptors (Lipinski definition) is 6. The average molecular weight is 480 g/mol. The lowest BCUT2D eigenvalue weighted by molar-refractivity contribution is -0.132. The highest BCUT2D eigenvalue weighted by Crippen LogP contribution is 2.40. The van der Waals surface area contributed by atoms with Crippen LogP contribution in [-0.4, -0.2) is 35.1 Å². The van der Waals surface area contributed by atoms with Crippen molar-refractivity contribution in [2.75, 3.05) is 7.11 Å². The number of ether oxygens (including phenoxy) is 2. The average Bonchev–Trinajstić information content (AvgIpc) is 2.77. The van der Waals surface area contributed by atoms with E-state index in [9.17, 15) is 14.4 Å². The summed E-state index contributed by atoms with van der Waals surface area (Å²) < 4.78 is 9.73. The van der Waals surface area contributed by atoms with E-state index < -0.39 is 17.9 Å². The third-order valence-electron chi connectivity index (χ3n) is 5.82. The molecule has 0 amide bonds. The summed E-state index contributed by atoms with van der Waals surface area (Å²) in [4.78, 5) is 39.1. The number of carbonyl (C=O) groups excluding carboxylic acids is 2. The minimum Gasteiger partial charge on any atom is -0.494 e. The predicted molar refractivity (Wildman–Crippen MR) is 134 cm³/mol. The van der Waals surface area contributed by atoms with Gasteiger partial charge in [-0.05, 0) is 62.7 Å². The Kier molecular flexibility index (Phi) is 9.51. The quantitative estimate of drug-likeness (QED) is 0.211. The molecule has 1 heterocycles. The van der Waals surface area contributed by atoms with Crippen molar-refractivity contribution in [2.24, 2.45) is 5.41 Å². The minimum atomic E-state index is -1.30. The number of methoxy groups -OCH3 is 1. The summed E-state index contributed by atoms with van der Waals surface area (Å²) in [5.74, 6) is -3.21. The number of allylic oxidation sites excluding steroid dienone is 9. The van der Waals surface area contributed by atoms with E-state index in [0.717, 1.165) is 24.3 Å². The Morgan fingerprint density at radius 2 is 1.86 bits per heavy atom. The zero-order chi connectivity index (χ0) is 26.2. The van der Waals surface area contributed by atoms with Crippen molar-refractivity contribution in [2.45, 2.75) is 53.9 Å². The number of nitrogens with zero attached hydrogens (tertiary/aromatic N) is 1. The molecular weight excluding hydrogens is 446 g/mol. The van der Waals surface area contributed by atoms with Crippen LogP contribution >= 0.6 is 0 Å². The van der Waals surface area contributed by atoms with Gasteiger partial charge in [0.15, 0.2) is 11.4 Å². The molecule has 0 aromatic carbocycles. The summed E-state index contributed by atoms with van der Waals surface area (Å²) in [5, 5.41) is 9.06. The first-order chi connectivity index (χ1) is 16.4. The van der Waals surface area contributed by atoms with Crippen molar-refractivity contribution in [3.8, 4) is 5.75 Å². The molecule has 0 radical (unpaired) electrons. The number of aromatic nitrogens is 1. The maximum Gasteiger partial charge on any atom is 0.358 e. The third-order valence-corrected chi connectivity index (χ3v) is 5.82. The van der Waals surface area contributed by atoms with Crippen molar-refractivity contribution >= 4 is 17.9 Å². The van der Waals surface area contributed by atoms with Gasteiger partial charge in [-0.15, -0.1) is 0 Å². The molecule has 0 fully saturated rings. The van der Waals surface area contributed by atoms with E-state index in [1.165, 1.54) is 37.2 Å². The van der Waals surface area contributed by atoms with Gasteiger partial charge in [-0.2, -0.15) is 0 Å². The highest BCUT2D eigenvalue weighted by molar-refractivity contribution is 6.01. The van der Waals surface area contributed by atoms with Gasteiger partial charge in [0.2, 0.25) is 0 Å². The van der Waals surface area contributed by atoms with Gasteiger partial charge in [0.1, 0.15) is 0 Å². The lowest BCUT2D eigenvalue weighted by atomic mass is 9.72. The highest BCUT2D eigenvalue weighted by Gasteiger charge is 2.26. The van der Waals surface area contributed by atoms with E-state index in [0.29, 0.717) is 5.57 Å². The zero-order valence-electron chi connectivity index (χ0n) is 21.2. The molecule has 1 aliphatic carbocycles. The second-order valence-electron chi connectivity index (χ2n) is 9.21. The third kappa shape index (κ3) is 7.91. The molecule has 2 rings (SSSR count). The molecule has 7 nitrogen and oxygen atoms in total. The molecule has 0 aliphatic heterocycles. The van der Waals surface area contributed by atoms with Gasteiger partial charge < -0.3 is 14.6 Å². The van der Waals surface area contributed by atoms with Crippen LogP contribution < -0.4 is 4.74 Å². The van der Waals surface area contributed by atoms with Gasteiger partial charge >= 0.3 is 17.9 Å². The smallest absolute Gasteiger partial charge is 0.358 e. The van der Waals surface area contributed by atoms with Crippen molar-refractivity contribution < 1.29 is 29.0 Å². The lowest BCUT2D eigenvalue weighted by Gasteiger charge is -2.32. The molecule has 0 saturated carbocycles. The fraction of sp³-hybridized carbons (Fsp3) is 0.357. The number of carboxylic acid groups (broad SMARTS) is 1.